The number of nitro groups is 1. The molecule has 0 aliphatic heterocycles. The van der Waals surface area contributed by atoms with E-state index in [1.54, 1.807) is 12.1 Å². The molecule has 0 unspecified atom stereocenters. The Balaban J connectivity index is 2.54. The van der Waals surface area contributed by atoms with Crippen LogP contribution in [-0.2, 0) is 6.42 Å². The summed E-state index contributed by atoms with van der Waals surface area (Å²) in [4.78, 5) is 15.0. The van der Waals surface area contributed by atoms with Gasteiger partial charge in [0.1, 0.15) is 5.01 Å². The quantitative estimate of drug-likeness (QED) is 0.616. The minimum atomic E-state index is -0.352. The molecule has 17 heavy (non-hydrogen) atoms. The Kier molecular flexibility index (Phi) is 3.19. The fourth-order valence-corrected chi connectivity index (χ4v) is 2.50. The second kappa shape index (κ2) is 4.63. The first-order chi connectivity index (χ1) is 8.11. The first-order valence-electron chi connectivity index (χ1n) is 5.31. The molecule has 0 bridgehead atoms. The highest BCUT2D eigenvalue weighted by molar-refractivity contribution is 7.13. The highest BCUT2D eigenvalue weighted by Gasteiger charge is 2.17. The van der Waals surface area contributed by atoms with Gasteiger partial charge < -0.3 is 0 Å². The number of aryl methyl sites for hydroxylation is 2. The summed E-state index contributed by atoms with van der Waals surface area (Å²) in [6.07, 6.45) is 0.843. The van der Waals surface area contributed by atoms with E-state index in [2.05, 4.69) is 4.98 Å². The van der Waals surface area contributed by atoms with Gasteiger partial charge in [-0.1, -0.05) is 13.0 Å². The van der Waals surface area contributed by atoms with Crippen LogP contribution in [0.15, 0.2) is 23.6 Å². The first kappa shape index (κ1) is 11.7. The van der Waals surface area contributed by atoms with Crippen molar-refractivity contribution in [3.63, 3.8) is 0 Å². The summed E-state index contributed by atoms with van der Waals surface area (Å²) < 4.78 is 0. The van der Waals surface area contributed by atoms with Gasteiger partial charge in [-0.2, -0.15) is 0 Å². The summed E-state index contributed by atoms with van der Waals surface area (Å²) in [6, 6.07) is 5.23. The van der Waals surface area contributed by atoms with E-state index in [9.17, 15) is 10.1 Å². The molecule has 2 rings (SSSR count). The van der Waals surface area contributed by atoms with Crippen molar-refractivity contribution in [3.05, 3.63) is 45.0 Å². The van der Waals surface area contributed by atoms with Crippen LogP contribution < -0.4 is 0 Å². The van der Waals surface area contributed by atoms with Crippen LogP contribution in [-0.4, -0.2) is 9.91 Å². The lowest BCUT2D eigenvalue weighted by molar-refractivity contribution is -0.384. The van der Waals surface area contributed by atoms with Crippen molar-refractivity contribution in [1.29, 1.82) is 0 Å². The summed E-state index contributed by atoms with van der Waals surface area (Å²) in [5.41, 5.74) is 2.58. The predicted molar refractivity (Wildman–Crippen MR) is 68.3 cm³/mol. The Morgan fingerprint density at radius 2 is 2.24 bits per heavy atom. The zero-order valence-corrected chi connectivity index (χ0v) is 10.5. The molecule has 2 aromatic rings. The van der Waals surface area contributed by atoms with Crippen molar-refractivity contribution in [1.82, 2.24) is 4.98 Å². The number of nitrogens with zero attached hydrogens (tertiary/aromatic N) is 2. The molecule has 0 saturated heterocycles. The minimum absolute atomic E-state index is 0.127. The monoisotopic (exact) mass is 248 g/mol. The molecule has 88 valence electrons. The summed E-state index contributed by atoms with van der Waals surface area (Å²) in [5, 5.41) is 13.7. The maximum absolute atomic E-state index is 11.0. The molecule has 0 aliphatic carbocycles. The normalized spacial score (nSPS) is 10.5. The van der Waals surface area contributed by atoms with Gasteiger partial charge in [0.2, 0.25) is 0 Å². The van der Waals surface area contributed by atoms with E-state index in [0.717, 1.165) is 17.7 Å². The second-order valence-corrected chi connectivity index (χ2v) is 4.63. The molecular formula is C12H12N2O2S. The van der Waals surface area contributed by atoms with Crippen LogP contribution >= 0.6 is 11.3 Å². The van der Waals surface area contributed by atoms with Gasteiger partial charge in [-0.3, -0.25) is 10.1 Å². The third-order valence-electron chi connectivity index (χ3n) is 2.49. The molecule has 5 heteroatoms. The molecule has 4 nitrogen and oxygen atoms in total. The van der Waals surface area contributed by atoms with Crippen molar-refractivity contribution in [3.8, 4) is 10.6 Å². The van der Waals surface area contributed by atoms with Crippen LogP contribution in [0, 0.1) is 17.0 Å². The smallest absolute Gasteiger partial charge is 0.258 e. The Hall–Kier alpha value is -1.75. The number of nitro benzene ring substituents is 1. The van der Waals surface area contributed by atoms with Crippen molar-refractivity contribution < 1.29 is 4.92 Å². The molecule has 0 spiro atoms. The van der Waals surface area contributed by atoms with Gasteiger partial charge in [0.05, 0.1) is 16.2 Å². The van der Waals surface area contributed by atoms with Gasteiger partial charge in [-0.25, -0.2) is 4.98 Å². The van der Waals surface area contributed by atoms with Crippen molar-refractivity contribution in [2.24, 2.45) is 0 Å². The van der Waals surface area contributed by atoms with Crippen LogP contribution in [0.3, 0.4) is 0 Å². The first-order valence-corrected chi connectivity index (χ1v) is 6.19. The van der Waals surface area contributed by atoms with E-state index in [-0.39, 0.29) is 10.6 Å². The average Bonchev–Trinajstić information content (AvgIpc) is 2.77. The van der Waals surface area contributed by atoms with Crippen LogP contribution in [0.4, 0.5) is 5.69 Å². The molecule has 1 heterocycles. The van der Waals surface area contributed by atoms with Crippen molar-refractivity contribution in [2.75, 3.05) is 0 Å². The molecule has 0 fully saturated rings. The highest BCUT2D eigenvalue weighted by Crippen LogP contribution is 2.32. The van der Waals surface area contributed by atoms with Crippen LogP contribution in [0.1, 0.15) is 18.2 Å². The summed E-state index contributed by atoms with van der Waals surface area (Å²) in [5.74, 6) is 0. The van der Waals surface area contributed by atoms with Crippen molar-refractivity contribution >= 4 is 17.0 Å². The summed E-state index contributed by atoms with van der Waals surface area (Å²) in [7, 11) is 0. The predicted octanol–water partition coefficient (Wildman–Crippen LogP) is 3.59. The van der Waals surface area contributed by atoms with Crippen LogP contribution in [0.5, 0.6) is 0 Å². The SMILES string of the molecule is CCc1csc(-c2ccc(C)cc2[N+](=O)[O-])n1. The maximum Gasteiger partial charge on any atom is 0.279 e. The van der Waals surface area contributed by atoms with Crippen molar-refractivity contribution in [2.45, 2.75) is 20.3 Å². The molecule has 1 aromatic carbocycles. The van der Waals surface area contributed by atoms with E-state index in [4.69, 9.17) is 0 Å². The third kappa shape index (κ3) is 2.34. The molecular weight excluding hydrogens is 236 g/mol. The van der Waals surface area contributed by atoms with Crippen LogP contribution in [0.25, 0.3) is 10.6 Å². The van der Waals surface area contributed by atoms with E-state index >= 15 is 0 Å². The van der Waals surface area contributed by atoms with Gasteiger partial charge in [-0.15, -0.1) is 11.3 Å². The number of rotatable bonds is 3. The molecule has 0 amide bonds. The van der Waals surface area contributed by atoms with E-state index in [1.807, 2.05) is 25.3 Å². The Morgan fingerprint density at radius 3 is 2.82 bits per heavy atom. The van der Waals surface area contributed by atoms with E-state index < -0.39 is 0 Å². The van der Waals surface area contributed by atoms with Gasteiger partial charge in [0, 0.05) is 11.4 Å². The molecule has 0 radical (unpaired) electrons. The maximum atomic E-state index is 11.0. The number of benzene rings is 1. The molecule has 0 atom stereocenters. The van der Waals surface area contributed by atoms with Crippen LogP contribution in [0.2, 0.25) is 0 Å². The lowest BCUT2D eigenvalue weighted by Gasteiger charge is -2.00. The third-order valence-corrected chi connectivity index (χ3v) is 3.42. The van der Waals surface area contributed by atoms with E-state index in [0.29, 0.717) is 10.6 Å². The molecule has 1 aromatic heterocycles. The zero-order chi connectivity index (χ0) is 12.4. The summed E-state index contributed by atoms with van der Waals surface area (Å²) >= 11 is 1.45. The topological polar surface area (TPSA) is 56.0 Å². The Bertz CT molecular complexity index is 563. The molecule has 0 aliphatic rings. The average molecular weight is 248 g/mol. The van der Waals surface area contributed by atoms with Gasteiger partial charge in [-0.05, 0) is 25.0 Å². The lowest BCUT2D eigenvalue weighted by Crippen LogP contribution is -1.92. The minimum Gasteiger partial charge on any atom is -0.258 e. The van der Waals surface area contributed by atoms with Gasteiger partial charge >= 0.3 is 0 Å². The van der Waals surface area contributed by atoms with Gasteiger partial charge in [0.15, 0.2) is 0 Å². The second-order valence-electron chi connectivity index (χ2n) is 3.78. The lowest BCUT2D eigenvalue weighted by atomic mass is 10.1. The fourth-order valence-electron chi connectivity index (χ4n) is 1.57. The molecule has 0 N–H and O–H groups in total. The Morgan fingerprint density at radius 1 is 1.47 bits per heavy atom. The summed E-state index contributed by atoms with van der Waals surface area (Å²) in [6.45, 7) is 3.86. The number of thiazole rings is 1. The Labute approximate surface area is 103 Å². The number of hydrogen-bond donors (Lipinski definition) is 0. The number of hydrogen-bond acceptors (Lipinski definition) is 4. The largest absolute Gasteiger partial charge is 0.279 e. The standard InChI is InChI=1S/C12H12N2O2S/c1-3-9-7-17-12(13-9)10-5-4-8(2)6-11(10)14(15)16/h4-7H,3H2,1-2H3. The van der Waals surface area contributed by atoms with E-state index in [1.165, 1.54) is 11.3 Å². The fraction of sp³-hybridized carbons (Fsp3) is 0.250. The number of aromatic nitrogens is 1. The van der Waals surface area contributed by atoms with Gasteiger partial charge in [0.25, 0.3) is 5.69 Å². The zero-order valence-electron chi connectivity index (χ0n) is 9.64. The molecule has 0 saturated carbocycles. The highest BCUT2D eigenvalue weighted by atomic mass is 32.1.